The van der Waals surface area contributed by atoms with Crippen molar-refractivity contribution in [2.24, 2.45) is 0 Å². The van der Waals surface area contributed by atoms with Crippen molar-refractivity contribution >= 4 is 29.0 Å². The molecule has 0 unspecified atom stereocenters. The quantitative estimate of drug-likeness (QED) is 0.694. The van der Waals surface area contributed by atoms with E-state index in [9.17, 15) is 4.79 Å². The third-order valence-electron chi connectivity index (χ3n) is 3.90. The van der Waals surface area contributed by atoms with E-state index in [0.717, 1.165) is 31.7 Å². The molecule has 8 heteroatoms. The topological polar surface area (TPSA) is 76.6 Å². The van der Waals surface area contributed by atoms with Gasteiger partial charge in [-0.25, -0.2) is 9.97 Å². The Morgan fingerprint density at radius 1 is 1.07 bits per heavy atom. The summed E-state index contributed by atoms with van der Waals surface area (Å²) in [6, 6.07) is 3.18. The highest BCUT2D eigenvalue weighted by Crippen LogP contribution is 2.36. The van der Waals surface area contributed by atoms with E-state index in [4.69, 9.17) is 21.1 Å². The Hall–Kier alpha value is -2.54. The molecule has 0 saturated carbocycles. The van der Waals surface area contributed by atoms with Gasteiger partial charge in [0, 0.05) is 25.2 Å². The van der Waals surface area contributed by atoms with Crippen LogP contribution in [0.4, 0.5) is 11.5 Å². The number of carbonyl (C=O) groups is 1. The van der Waals surface area contributed by atoms with Crippen LogP contribution in [0.15, 0.2) is 24.5 Å². The number of nitrogens with one attached hydrogen (secondary N) is 1. The Balaban J connectivity index is 2.19. The second-order valence-corrected chi connectivity index (χ2v) is 6.30. The van der Waals surface area contributed by atoms with E-state index in [-0.39, 0.29) is 5.69 Å². The second-order valence-electron chi connectivity index (χ2n) is 5.89. The summed E-state index contributed by atoms with van der Waals surface area (Å²) in [6.07, 6.45) is 5.13. The molecule has 1 N–H and O–H groups in total. The number of nitrogens with zero attached hydrogens (tertiary/aromatic N) is 3. The van der Waals surface area contributed by atoms with Gasteiger partial charge in [-0.05, 0) is 12.8 Å². The fourth-order valence-corrected chi connectivity index (χ4v) is 2.86. The molecular weight excluding hydrogens is 368 g/mol. The van der Waals surface area contributed by atoms with Crippen LogP contribution >= 0.6 is 11.6 Å². The average Bonchev–Trinajstić information content (AvgIpc) is 2.68. The zero-order chi connectivity index (χ0) is 19.8. The molecule has 1 aromatic heterocycles. The molecule has 0 bridgehead atoms. The lowest BCUT2D eigenvalue weighted by atomic mass is 10.2. The first-order valence-corrected chi connectivity index (χ1v) is 9.21. The molecule has 1 heterocycles. The lowest BCUT2D eigenvalue weighted by Crippen LogP contribution is -2.26. The SMILES string of the molecule is CCCN(CCC)c1cnc(C(=O)Nc2cc(OC)c(Cl)cc2OC)cn1. The molecule has 0 atom stereocenters. The van der Waals surface area contributed by atoms with Crippen molar-refractivity contribution in [1.82, 2.24) is 9.97 Å². The van der Waals surface area contributed by atoms with E-state index in [1.807, 2.05) is 0 Å². The zero-order valence-corrected chi connectivity index (χ0v) is 16.8. The zero-order valence-electron chi connectivity index (χ0n) is 16.1. The number of aromatic nitrogens is 2. The highest BCUT2D eigenvalue weighted by atomic mass is 35.5. The Morgan fingerprint density at radius 2 is 1.74 bits per heavy atom. The third-order valence-corrected chi connectivity index (χ3v) is 4.20. The van der Waals surface area contributed by atoms with E-state index in [0.29, 0.717) is 22.2 Å². The lowest BCUT2D eigenvalue weighted by Gasteiger charge is -2.22. The van der Waals surface area contributed by atoms with Gasteiger partial charge in [-0.2, -0.15) is 0 Å². The van der Waals surface area contributed by atoms with Crippen LogP contribution < -0.4 is 19.7 Å². The first kappa shape index (κ1) is 20.8. The molecule has 0 fully saturated rings. The third kappa shape index (κ3) is 5.23. The number of hydrogen-bond acceptors (Lipinski definition) is 6. The van der Waals surface area contributed by atoms with Crippen LogP contribution in [-0.4, -0.2) is 43.2 Å². The van der Waals surface area contributed by atoms with Gasteiger partial charge < -0.3 is 19.7 Å². The normalized spacial score (nSPS) is 10.4. The lowest BCUT2D eigenvalue weighted by molar-refractivity contribution is 0.102. The summed E-state index contributed by atoms with van der Waals surface area (Å²) in [5.74, 6) is 1.23. The number of benzene rings is 1. The number of carbonyl (C=O) groups excluding carboxylic acids is 1. The first-order valence-electron chi connectivity index (χ1n) is 8.83. The molecule has 7 nitrogen and oxygen atoms in total. The second kappa shape index (κ2) is 9.97. The molecule has 0 aliphatic rings. The van der Waals surface area contributed by atoms with Gasteiger partial charge in [0.1, 0.15) is 23.0 Å². The van der Waals surface area contributed by atoms with Crippen molar-refractivity contribution < 1.29 is 14.3 Å². The van der Waals surface area contributed by atoms with Crippen LogP contribution in [0.2, 0.25) is 5.02 Å². The summed E-state index contributed by atoms with van der Waals surface area (Å²) in [5, 5.41) is 3.15. The van der Waals surface area contributed by atoms with Crippen LogP contribution in [-0.2, 0) is 0 Å². The summed E-state index contributed by atoms with van der Waals surface area (Å²) in [6.45, 7) is 6.03. The summed E-state index contributed by atoms with van der Waals surface area (Å²) < 4.78 is 10.5. The molecule has 0 spiro atoms. The molecule has 2 rings (SSSR count). The van der Waals surface area contributed by atoms with E-state index < -0.39 is 5.91 Å². The van der Waals surface area contributed by atoms with Gasteiger partial charge >= 0.3 is 0 Å². The molecule has 2 aromatic rings. The van der Waals surface area contributed by atoms with E-state index in [1.165, 1.54) is 20.4 Å². The number of hydrogen-bond donors (Lipinski definition) is 1. The Bertz CT molecular complexity index is 762. The van der Waals surface area contributed by atoms with Crippen molar-refractivity contribution in [2.45, 2.75) is 26.7 Å². The smallest absolute Gasteiger partial charge is 0.275 e. The number of amides is 1. The number of rotatable bonds is 9. The van der Waals surface area contributed by atoms with Crippen molar-refractivity contribution in [3.63, 3.8) is 0 Å². The monoisotopic (exact) mass is 392 g/mol. The van der Waals surface area contributed by atoms with Crippen LogP contribution in [0.5, 0.6) is 11.5 Å². The molecule has 0 radical (unpaired) electrons. The van der Waals surface area contributed by atoms with Gasteiger partial charge in [-0.1, -0.05) is 25.4 Å². The van der Waals surface area contributed by atoms with E-state index in [2.05, 4.69) is 34.0 Å². The highest BCUT2D eigenvalue weighted by molar-refractivity contribution is 6.32. The number of methoxy groups -OCH3 is 2. The number of halogens is 1. The molecule has 0 saturated heterocycles. The minimum atomic E-state index is -0.394. The van der Waals surface area contributed by atoms with E-state index >= 15 is 0 Å². The molecule has 0 aliphatic carbocycles. The fourth-order valence-electron chi connectivity index (χ4n) is 2.63. The predicted molar refractivity (Wildman–Crippen MR) is 107 cm³/mol. The fraction of sp³-hybridized carbons (Fsp3) is 0.421. The maximum absolute atomic E-state index is 12.5. The van der Waals surface area contributed by atoms with E-state index in [1.54, 1.807) is 18.3 Å². The molecule has 1 amide bonds. The highest BCUT2D eigenvalue weighted by Gasteiger charge is 2.15. The maximum Gasteiger partial charge on any atom is 0.275 e. The van der Waals surface area contributed by atoms with Crippen molar-refractivity contribution in [3.05, 3.63) is 35.2 Å². The van der Waals surface area contributed by atoms with Gasteiger partial charge in [0.25, 0.3) is 5.91 Å². The summed E-state index contributed by atoms with van der Waals surface area (Å²) >= 11 is 6.09. The van der Waals surface area contributed by atoms with Crippen molar-refractivity contribution in [1.29, 1.82) is 0 Å². The van der Waals surface area contributed by atoms with Crippen LogP contribution in [0.3, 0.4) is 0 Å². The Kier molecular flexibility index (Phi) is 7.67. The minimum absolute atomic E-state index is 0.211. The molecule has 0 aliphatic heterocycles. The van der Waals surface area contributed by atoms with Gasteiger partial charge in [0.15, 0.2) is 0 Å². The van der Waals surface area contributed by atoms with Crippen LogP contribution in [0, 0.1) is 0 Å². The number of ether oxygens (including phenoxy) is 2. The average molecular weight is 393 g/mol. The minimum Gasteiger partial charge on any atom is -0.495 e. The van der Waals surface area contributed by atoms with Gasteiger partial charge in [0.2, 0.25) is 0 Å². The van der Waals surface area contributed by atoms with Gasteiger partial charge in [-0.3, -0.25) is 4.79 Å². The molecular formula is C19H25ClN4O3. The van der Waals surface area contributed by atoms with Crippen molar-refractivity contribution in [3.8, 4) is 11.5 Å². The first-order chi connectivity index (χ1) is 13.0. The number of anilines is 2. The Morgan fingerprint density at radius 3 is 2.26 bits per heavy atom. The summed E-state index contributed by atoms with van der Waals surface area (Å²) in [5.41, 5.74) is 0.649. The standard InChI is InChI=1S/C19H25ClN4O3/c1-5-7-24(8-6-2)18-12-21-15(11-22-18)19(25)23-14-10-16(26-3)13(20)9-17(14)27-4/h9-12H,5-8H2,1-4H3,(H,23,25). The summed E-state index contributed by atoms with van der Waals surface area (Å²) in [4.78, 5) is 23.4. The predicted octanol–water partition coefficient (Wildman–Crippen LogP) is 4.03. The largest absolute Gasteiger partial charge is 0.495 e. The Labute approximate surface area is 164 Å². The maximum atomic E-state index is 12.5. The molecule has 146 valence electrons. The van der Waals surface area contributed by atoms with Crippen LogP contribution in [0.25, 0.3) is 0 Å². The van der Waals surface area contributed by atoms with Gasteiger partial charge in [0.05, 0.1) is 37.3 Å². The summed E-state index contributed by atoms with van der Waals surface area (Å²) in [7, 11) is 3.00. The molecule has 27 heavy (non-hydrogen) atoms. The molecule has 1 aromatic carbocycles. The van der Waals surface area contributed by atoms with Crippen LogP contribution in [0.1, 0.15) is 37.2 Å². The van der Waals surface area contributed by atoms with Crippen molar-refractivity contribution in [2.75, 3.05) is 37.5 Å². The van der Waals surface area contributed by atoms with Gasteiger partial charge in [-0.15, -0.1) is 0 Å².